The molecule has 8 heteroatoms. The van der Waals surface area contributed by atoms with Crippen molar-refractivity contribution in [2.75, 3.05) is 13.1 Å². The molecule has 0 atom stereocenters. The number of nitrogens with one attached hydrogen (secondary N) is 3. The Hall–Kier alpha value is -3.10. The molecule has 5 aromatic rings. The molecule has 0 spiro atoms. The van der Waals surface area contributed by atoms with Crippen LogP contribution < -0.4 is 5.32 Å². The van der Waals surface area contributed by atoms with Gasteiger partial charge in [0.1, 0.15) is 5.69 Å². The number of hydrogen-bond acceptors (Lipinski definition) is 5. The molecule has 4 aromatic heterocycles. The number of hydrogen-bond donors (Lipinski definition) is 3. The van der Waals surface area contributed by atoms with Crippen LogP contribution in [0.5, 0.6) is 0 Å². The van der Waals surface area contributed by atoms with Crippen LogP contribution in [0.25, 0.3) is 43.9 Å². The highest BCUT2D eigenvalue weighted by atomic mass is 32.1. The highest BCUT2D eigenvalue weighted by Gasteiger charge is 2.20. The second-order valence-corrected chi connectivity index (χ2v) is 8.68. The summed E-state index contributed by atoms with van der Waals surface area (Å²) in [5.41, 5.74) is 5.42. The van der Waals surface area contributed by atoms with E-state index in [1.165, 1.54) is 6.07 Å². The second-order valence-electron chi connectivity index (χ2n) is 7.64. The Morgan fingerprint density at radius 1 is 1.07 bits per heavy atom. The monoisotopic (exact) mass is 418 g/mol. The third-order valence-corrected chi connectivity index (χ3v) is 6.71. The summed E-state index contributed by atoms with van der Waals surface area (Å²) >= 11 is 1.13. The van der Waals surface area contributed by atoms with E-state index < -0.39 is 0 Å². The van der Waals surface area contributed by atoms with Crippen molar-refractivity contribution in [3.8, 4) is 22.0 Å². The molecule has 0 aliphatic carbocycles. The molecule has 1 aromatic carbocycles. The van der Waals surface area contributed by atoms with Gasteiger partial charge < -0.3 is 10.3 Å². The van der Waals surface area contributed by atoms with Crippen LogP contribution >= 0.6 is 11.3 Å². The van der Waals surface area contributed by atoms with Gasteiger partial charge in [0, 0.05) is 27.4 Å². The van der Waals surface area contributed by atoms with Gasteiger partial charge in [0.25, 0.3) is 0 Å². The van der Waals surface area contributed by atoms with E-state index in [0.717, 1.165) is 81.0 Å². The second kappa shape index (κ2) is 7.00. The zero-order valence-corrected chi connectivity index (χ0v) is 16.9. The Bertz CT molecular complexity index is 1360. The first-order valence-electron chi connectivity index (χ1n) is 10.1. The van der Waals surface area contributed by atoms with Crippen LogP contribution in [0.2, 0.25) is 0 Å². The largest absolute Gasteiger partial charge is 0.337 e. The van der Waals surface area contributed by atoms with E-state index >= 15 is 0 Å². The molecule has 30 heavy (non-hydrogen) atoms. The van der Waals surface area contributed by atoms with Crippen molar-refractivity contribution in [2.45, 2.75) is 18.8 Å². The predicted octanol–water partition coefficient (Wildman–Crippen LogP) is 4.84. The first kappa shape index (κ1) is 17.7. The van der Waals surface area contributed by atoms with Crippen LogP contribution in [0.15, 0.2) is 42.6 Å². The van der Waals surface area contributed by atoms with Crippen molar-refractivity contribution in [3.63, 3.8) is 0 Å². The predicted molar refractivity (Wildman–Crippen MR) is 117 cm³/mol. The van der Waals surface area contributed by atoms with Gasteiger partial charge in [-0.25, -0.2) is 4.98 Å². The fourth-order valence-corrected chi connectivity index (χ4v) is 5.01. The topological polar surface area (TPSA) is 82.3 Å². The maximum atomic E-state index is 13.6. The molecular weight excluding hydrogens is 399 g/mol. The van der Waals surface area contributed by atoms with E-state index in [2.05, 4.69) is 31.5 Å². The van der Waals surface area contributed by atoms with Gasteiger partial charge in [-0.05, 0) is 50.2 Å². The Balaban J connectivity index is 1.47. The van der Waals surface area contributed by atoms with Gasteiger partial charge >= 0.3 is 0 Å². The van der Waals surface area contributed by atoms with Gasteiger partial charge in [-0.2, -0.15) is 9.49 Å². The van der Waals surface area contributed by atoms with E-state index in [-0.39, 0.29) is 5.13 Å². The standard InChI is InChI=1S/C22H19FN6S/c23-19-5-4-18(30-19)13-2-1-3-15-20(13)27-22(26-15)21-14-10-16(12-6-8-24-9-7-12)25-11-17(14)28-29-21/h1-5,10-12,24H,6-9H2,(H,26,27)(H,28,29). The van der Waals surface area contributed by atoms with Crippen LogP contribution in [0.4, 0.5) is 4.39 Å². The summed E-state index contributed by atoms with van der Waals surface area (Å²) < 4.78 is 13.6. The summed E-state index contributed by atoms with van der Waals surface area (Å²) in [6, 6.07) is 11.3. The number of piperidine rings is 1. The molecular formula is C22H19FN6S. The highest BCUT2D eigenvalue weighted by molar-refractivity contribution is 7.14. The molecule has 0 amide bonds. The lowest BCUT2D eigenvalue weighted by atomic mass is 9.93. The first-order valence-corrected chi connectivity index (χ1v) is 10.9. The summed E-state index contributed by atoms with van der Waals surface area (Å²) in [7, 11) is 0. The van der Waals surface area contributed by atoms with E-state index in [4.69, 9.17) is 4.98 Å². The fourth-order valence-electron chi connectivity index (χ4n) is 4.26. The molecule has 150 valence electrons. The van der Waals surface area contributed by atoms with E-state index in [9.17, 15) is 4.39 Å². The smallest absolute Gasteiger partial charge is 0.176 e. The number of imidazole rings is 1. The Morgan fingerprint density at radius 2 is 1.97 bits per heavy atom. The molecule has 0 radical (unpaired) electrons. The number of rotatable bonds is 3. The number of para-hydroxylation sites is 1. The minimum Gasteiger partial charge on any atom is -0.337 e. The minimum atomic E-state index is -0.200. The lowest BCUT2D eigenvalue weighted by Gasteiger charge is -2.21. The molecule has 0 bridgehead atoms. The zero-order valence-electron chi connectivity index (χ0n) is 16.1. The summed E-state index contributed by atoms with van der Waals surface area (Å²) in [4.78, 5) is 13.8. The molecule has 0 saturated carbocycles. The van der Waals surface area contributed by atoms with E-state index in [1.54, 1.807) is 6.07 Å². The van der Waals surface area contributed by atoms with Crippen LogP contribution in [-0.2, 0) is 0 Å². The summed E-state index contributed by atoms with van der Waals surface area (Å²) in [6.45, 7) is 2.05. The third kappa shape index (κ3) is 2.91. The van der Waals surface area contributed by atoms with Crippen molar-refractivity contribution in [2.24, 2.45) is 0 Å². The maximum Gasteiger partial charge on any atom is 0.176 e. The Morgan fingerprint density at radius 3 is 2.80 bits per heavy atom. The summed E-state index contributed by atoms with van der Waals surface area (Å²) in [5.74, 6) is 1.16. The Kier molecular flexibility index (Phi) is 4.14. The zero-order chi connectivity index (χ0) is 20.1. The van der Waals surface area contributed by atoms with Crippen molar-refractivity contribution in [3.05, 3.63) is 53.4 Å². The van der Waals surface area contributed by atoms with Crippen molar-refractivity contribution in [1.29, 1.82) is 0 Å². The number of aromatic amines is 2. The van der Waals surface area contributed by atoms with Gasteiger partial charge in [0.15, 0.2) is 11.0 Å². The van der Waals surface area contributed by atoms with Crippen molar-refractivity contribution < 1.29 is 4.39 Å². The average Bonchev–Trinajstić information content (AvgIpc) is 3.51. The van der Waals surface area contributed by atoms with Gasteiger partial charge in [-0.1, -0.05) is 12.1 Å². The van der Waals surface area contributed by atoms with Gasteiger partial charge in [-0.3, -0.25) is 10.1 Å². The van der Waals surface area contributed by atoms with E-state index in [0.29, 0.717) is 11.7 Å². The van der Waals surface area contributed by atoms with Gasteiger partial charge in [0.2, 0.25) is 0 Å². The molecule has 5 heterocycles. The third-order valence-electron chi connectivity index (χ3n) is 5.80. The number of fused-ring (bicyclic) bond motifs is 2. The summed E-state index contributed by atoms with van der Waals surface area (Å²) in [6.07, 6.45) is 4.06. The van der Waals surface area contributed by atoms with Crippen LogP contribution in [-0.4, -0.2) is 38.2 Å². The molecule has 0 unspecified atom stereocenters. The number of aromatic nitrogens is 5. The lowest BCUT2D eigenvalue weighted by molar-refractivity contribution is 0.453. The minimum absolute atomic E-state index is 0.200. The number of thiophene rings is 1. The van der Waals surface area contributed by atoms with Crippen LogP contribution in [0, 0.1) is 5.13 Å². The number of pyridine rings is 1. The number of benzene rings is 1. The molecule has 1 aliphatic rings. The van der Waals surface area contributed by atoms with Crippen LogP contribution in [0.1, 0.15) is 24.5 Å². The maximum absolute atomic E-state index is 13.6. The van der Waals surface area contributed by atoms with Gasteiger partial charge in [-0.15, -0.1) is 11.3 Å². The normalized spacial score (nSPS) is 15.4. The SMILES string of the molecule is Fc1ccc(-c2cccc3[nH]c(-c4n[nH]c5cnc(C6CCNCC6)cc45)nc23)s1. The molecule has 1 aliphatic heterocycles. The highest BCUT2D eigenvalue weighted by Crippen LogP contribution is 2.35. The fraction of sp³-hybridized carbons (Fsp3) is 0.227. The summed E-state index contributed by atoms with van der Waals surface area (Å²) in [5, 5.41) is 11.8. The van der Waals surface area contributed by atoms with E-state index in [1.807, 2.05) is 24.4 Å². The number of nitrogens with zero attached hydrogens (tertiary/aromatic N) is 3. The van der Waals surface area contributed by atoms with Gasteiger partial charge in [0.05, 0.1) is 22.7 Å². The molecule has 3 N–H and O–H groups in total. The quantitative estimate of drug-likeness (QED) is 0.392. The molecule has 6 rings (SSSR count). The Labute approximate surface area is 175 Å². The first-order chi connectivity index (χ1) is 14.8. The van der Waals surface area contributed by atoms with Crippen molar-refractivity contribution >= 4 is 33.3 Å². The number of halogens is 1. The van der Waals surface area contributed by atoms with Crippen LogP contribution in [0.3, 0.4) is 0 Å². The molecule has 1 fully saturated rings. The lowest BCUT2D eigenvalue weighted by Crippen LogP contribution is -2.27. The molecule has 6 nitrogen and oxygen atoms in total. The average molecular weight is 419 g/mol. The van der Waals surface area contributed by atoms with Crippen molar-refractivity contribution in [1.82, 2.24) is 30.5 Å². The molecule has 1 saturated heterocycles. The number of H-pyrrole nitrogens is 2.